The Hall–Kier alpha value is -3.19. The molecule has 0 aliphatic carbocycles. The van der Waals surface area contributed by atoms with Crippen molar-refractivity contribution in [3.8, 4) is 5.69 Å². The molecule has 0 amide bonds. The highest BCUT2D eigenvalue weighted by Crippen LogP contribution is 2.39. The highest BCUT2D eigenvalue weighted by atomic mass is 32.1. The number of hydrogen-bond acceptors (Lipinski definition) is 3. The van der Waals surface area contributed by atoms with Gasteiger partial charge in [0.05, 0.1) is 23.3 Å². The van der Waals surface area contributed by atoms with Gasteiger partial charge in [-0.3, -0.25) is 4.98 Å². The zero-order valence-electron chi connectivity index (χ0n) is 16.0. The van der Waals surface area contributed by atoms with Crippen LogP contribution in [-0.4, -0.2) is 37.2 Å². The molecule has 0 bridgehead atoms. The van der Waals surface area contributed by atoms with Gasteiger partial charge in [-0.05, 0) is 67.2 Å². The summed E-state index contributed by atoms with van der Waals surface area (Å²) < 4.78 is 2.09. The van der Waals surface area contributed by atoms with E-state index in [9.17, 15) is 9.90 Å². The van der Waals surface area contributed by atoms with Crippen LogP contribution in [0.2, 0.25) is 0 Å². The second-order valence-corrected chi connectivity index (χ2v) is 7.36. The highest BCUT2D eigenvalue weighted by Gasteiger charge is 2.40. The molecular weight excluding hydrogens is 384 g/mol. The van der Waals surface area contributed by atoms with Crippen molar-refractivity contribution in [3.05, 3.63) is 83.9 Å². The molecule has 6 nitrogen and oxygen atoms in total. The minimum absolute atomic E-state index is 0.0218. The van der Waals surface area contributed by atoms with Crippen LogP contribution < -0.4 is 5.32 Å². The van der Waals surface area contributed by atoms with Crippen LogP contribution >= 0.6 is 12.2 Å². The molecule has 148 valence electrons. The first-order valence-electron chi connectivity index (χ1n) is 9.59. The first kappa shape index (κ1) is 19.1. The maximum Gasteiger partial charge on any atom is 0.335 e. The molecule has 4 rings (SSSR count). The summed E-state index contributed by atoms with van der Waals surface area (Å²) in [6, 6.07) is 16.8. The number of aromatic nitrogens is 2. The van der Waals surface area contributed by atoms with Crippen LogP contribution in [0.1, 0.15) is 47.2 Å². The fourth-order valence-electron chi connectivity index (χ4n) is 3.84. The van der Waals surface area contributed by atoms with Gasteiger partial charge in [0.25, 0.3) is 0 Å². The number of carboxylic acids is 1. The monoisotopic (exact) mass is 406 g/mol. The number of hydrogen-bond donors (Lipinski definition) is 2. The van der Waals surface area contributed by atoms with E-state index in [-0.39, 0.29) is 17.6 Å². The van der Waals surface area contributed by atoms with Crippen LogP contribution in [0.3, 0.4) is 0 Å². The zero-order valence-corrected chi connectivity index (χ0v) is 16.8. The number of nitrogens with zero attached hydrogens (tertiary/aromatic N) is 3. The molecule has 7 heteroatoms. The maximum atomic E-state index is 11.2. The van der Waals surface area contributed by atoms with Crippen molar-refractivity contribution < 1.29 is 9.90 Å². The Kier molecular flexibility index (Phi) is 5.31. The number of thiocarbonyl (C=S) groups is 1. The number of nitrogens with one attached hydrogen (secondary N) is 1. The molecule has 2 aromatic heterocycles. The maximum absolute atomic E-state index is 11.2. The number of carbonyl (C=O) groups is 1. The van der Waals surface area contributed by atoms with Gasteiger partial charge < -0.3 is 19.9 Å². The quantitative estimate of drug-likeness (QED) is 0.604. The third-order valence-electron chi connectivity index (χ3n) is 5.14. The summed E-state index contributed by atoms with van der Waals surface area (Å²) in [6.45, 7) is 2.97. The highest BCUT2D eigenvalue weighted by molar-refractivity contribution is 7.80. The molecule has 0 saturated carbocycles. The molecule has 1 aliphatic heterocycles. The Balaban J connectivity index is 1.77. The molecule has 0 spiro atoms. The van der Waals surface area contributed by atoms with E-state index in [0.29, 0.717) is 0 Å². The van der Waals surface area contributed by atoms with Gasteiger partial charge >= 0.3 is 5.97 Å². The molecule has 1 fully saturated rings. The molecule has 1 saturated heterocycles. The van der Waals surface area contributed by atoms with Crippen LogP contribution in [0.15, 0.2) is 67.0 Å². The van der Waals surface area contributed by atoms with Crippen LogP contribution in [-0.2, 0) is 0 Å². The number of carboxylic acid groups (broad SMARTS) is 1. The smallest absolute Gasteiger partial charge is 0.335 e. The normalized spacial score (nSPS) is 18.7. The van der Waals surface area contributed by atoms with Crippen molar-refractivity contribution in [3.63, 3.8) is 0 Å². The summed E-state index contributed by atoms with van der Waals surface area (Å²) in [5.74, 6) is -0.932. The summed E-state index contributed by atoms with van der Waals surface area (Å²) in [5, 5.41) is 13.3. The Morgan fingerprint density at radius 2 is 1.97 bits per heavy atom. The first-order valence-corrected chi connectivity index (χ1v) is 10.00. The van der Waals surface area contributed by atoms with Gasteiger partial charge in [-0.1, -0.05) is 13.0 Å². The molecule has 2 atom stereocenters. The third kappa shape index (κ3) is 3.61. The average molecular weight is 407 g/mol. The van der Waals surface area contributed by atoms with Gasteiger partial charge in [0.2, 0.25) is 0 Å². The molecule has 29 heavy (non-hydrogen) atoms. The van der Waals surface area contributed by atoms with Gasteiger partial charge in [-0.25, -0.2) is 4.79 Å². The Morgan fingerprint density at radius 1 is 1.17 bits per heavy atom. The van der Waals surface area contributed by atoms with E-state index in [1.54, 1.807) is 18.3 Å². The van der Waals surface area contributed by atoms with Gasteiger partial charge in [0.1, 0.15) is 0 Å². The lowest BCUT2D eigenvalue weighted by Gasteiger charge is -2.28. The lowest BCUT2D eigenvalue weighted by Crippen LogP contribution is -2.31. The number of benzene rings is 1. The van der Waals surface area contributed by atoms with Crippen molar-refractivity contribution in [2.75, 3.05) is 6.54 Å². The Morgan fingerprint density at radius 3 is 2.62 bits per heavy atom. The van der Waals surface area contributed by atoms with Crippen molar-refractivity contribution in [2.45, 2.75) is 25.4 Å². The van der Waals surface area contributed by atoms with Crippen molar-refractivity contribution in [1.82, 2.24) is 19.8 Å². The molecule has 0 radical (unpaired) electrons. The molecule has 1 aromatic carbocycles. The number of pyridine rings is 1. The van der Waals surface area contributed by atoms with Crippen molar-refractivity contribution in [1.29, 1.82) is 0 Å². The SMILES string of the molecule is CCCN1C(=S)NC(c2ccccn2)C1c1cccn1-c1ccc(C(=O)O)cc1. The minimum Gasteiger partial charge on any atom is -0.478 e. The summed E-state index contributed by atoms with van der Waals surface area (Å²) in [7, 11) is 0. The Labute approximate surface area is 174 Å². The van der Waals surface area contributed by atoms with Crippen LogP contribution in [0.25, 0.3) is 5.69 Å². The third-order valence-corrected chi connectivity index (χ3v) is 5.49. The van der Waals surface area contributed by atoms with Crippen LogP contribution in [0.5, 0.6) is 0 Å². The van der Waals surface area contributed by atoms with E-state index in [1.165, 1.54) is 0 Å². The van der Waals surface area contributed by atoms with E-state index in [4.69, 9.17) is 12.2 Å². The average Bonchev–Trinajstić information content (AvgIpc) is 3.34. The molecular formula is C22H22N4O2S. The topological polar surface area (TPSA) is 70.4 Å². The summed E-state index contributed by atoms with van der Waals surface area (Å²) in [4.78, 5) is 18.0. The number of rotatable bonds is 6. The predicted octanol–water partition coefficient (Wildman–Crippen LogP) is 3.95. The van der Waals surface area contributed by atoms with E-state index >= 15 is 0 Å². The summed E-state index contributed by atoms with van der Waals surface area (Å²) in [6.07, 6.45) is 4.76. The fourth-order valence-corrected chi connectivity index (χ4v) is 4.18. The predicted molar refractivity (Wildman–Crippen MR) is 115 cm³/mol. The number of aromatic carboxylic acids is 1. The van der Waals surface area contributed by atoms with E-state index in [2.05, 4.69) is 32.8 Å². The van der Waals surface area contributed by atoms with Gasteiger partial charge in [-0.15, -0.1) is 0 Å². The standard InChI is InChI=1S/C22H22N4O2S/c1-2-13-26-20(19(24-22(26)29)17-6-3-4-12-23-17)18-7-5-14-25(18)16-10-8-15(9-11-16)21(27)28/h3-12,14,19-20H,2,13H2,1H3,(H,24,29)(H,27,28). The van der Waals surface area contributed by atoms with Crippen molar-refractivity contribution >= 4 is 23.3 Å². The largest absolute Gasteiger partial charge is 0.478 e. The molecule has 3 heterocycles. The van der Waals surface area contributed by atoms with Crippen molar-refractivity contribution in [2.24, 2.45) is 0 Å². The lowest BCUT2D eigenvalue weighted by molar-refractivity contribution is 0.0697. The molecule has 2 unspecified atom stereocenters. The van der Waals surface area contributed by atoms with E-state index in [0.717, 1.165) is 35.2 Å². The van der Waals surface area contributed by atoms with E-state index < -0.39 is 5.97 Å². The molecule has 3 aromatic rings. The van der Waals surface area contributed by atoms with Gasteiger partial charge in [-0.2, -0.15) is 0 Å². The van der Waals surface area contributed by atoms with Gasteiger partial charge in [0, 0.05) is 30.3 Å². The van der Waals surface area contributed by atoms with Gasteiger partial charge in [0.15, 0.2) is 5.11 Å². The summed E-state index contributed by atoms with van der Waals surface area (Å²) >= 11 is 5.65. The van der Waals surface area contributed by atoms with Crippen LogP contribution in [0.4, 0.5) is 0 Å². The second kappa shape index (κ2) is 8.05. The molecule has 1 aliphatic rings. The fraction of sp³-hybridized carbons (Fsp3) is 0.227. The second-order valence-electron chi connectivity index (χ2n) is 6.98. The van der Waals surface area contributed by atoms with Crippen LogP contribution in [0, 0.1) is 0 Å². The summed E-state index contributed by atoms with van der Waals surface area (Å²) in [5.41, 5.74) is 3.19. The molecule has 2 N–H and O–H groups in total. The van der Waals surface area contributed by atoms with E-state index in [1.807, 2.05) is 42.6 Å². The minimum atomic E-state index is -0.932. The zero-order chi connectivity index (χ0) is 20.4. The Bertz CT molecular complexity index is 1020. The lowest BCUT2D eigenvalue weighted by atomic mass is 10.0. The first-order chi connectivity index (χ1) is 14.1.